The molecule has 1 heterocycles. The maximum Gasteiger partial charge on any atom is 0.323 e. The molecular weight excluding hydrogens is 389 g/mol. The lowest BCUT2D eigenvalue weighted by Gasteiger charge is -2.31. The lowest BCUT2D eigenvalue weighted by molar-refractivity contribution is -0.125. The number of piperidine rings is 1. The second-order valence-corrected chi connectivity index (χ2v) is 6.99. The largest absolute Gasteiger partial charge is 0.359 e. The molecule has 1 unspecified atom stereocenters. The molecule has 0 saturated carbocycles. The van der Waals surface area contributed by atoms with Gasteiger partial charge in [-0.2, -0.15) is 0 Å². The molecule has 1 fully saturated rings. The van der Waals surface area contributed by atoms with E-state index in [1.165, 1.54) is 24.3 Å². The highest BCUT2D eigenvalue weighted by Gasteiger charge is 2.27. The molecule has 8 nitrogen and oxygen atoms in total. The highest BCUT2D eigenvalue weighted by atomic mass is 19.1. The molecule has 9 heteroatoms. The van der Waals surface area contributed by atoms with Gasteiger partial charge in [-0.3, -0.25) is 4.79 Å². The smallest absolute Gasteiger partial charge is 0.323 e. The van der Waals surface area contributed by atoms with Crippen LogP contribution in [0.1, 0.15) is 12.8 Å². The Kier molecular flexibility index (Phi) is 6.84. The van der Waals surface area contributed by atoms with Crippen molar-refractivity contribution in [3.05, 3.63) is 54.3 Å². The number of benzene rings is 2. The molecule has 0 spiro atoms. The molecular formula is C21H24FN5O3. The van der Waals surface area contributed by atoms with Crippen molar-refractivity contribution in [3.63, 3.8) is 0 Å². The molecule has 158 valence electrons. The van der Waals surface area contributed by atoms with Crippen molar-refractivity contribution in [3.8, 4) is 0 Å². The molecule has 5 amide bonds. The number of likely N-dealkylation sites (tertiary alicyclic amines) is 1. The SMILES string of the molecule is CNC(=O)C1CCCN(C(=O)Nc2ccc(NC(=O)Nc3ccc(F)cc3)cc2)C1. The van der Waals surface area contributed by atoms with Crippen molar-refractivity contribution in [2.45, 2.75) is 12.8 Å². The first-order valence-corrected chi connectivity index (χ1v) is 9.66. The van der Waals surface area contributed by atoms with Gasteiger partial charge < -0.3 is 26.2 Å². The maximum atomic E-state index is 12.9. The molecule has 0 radical (unpaired) electrons. The van der Waals surface area contributed by atoms with Gasteiger partial charge in [0.25, 0.3) is 0 Å². The van der Waals surface area contributed by atoms with E-state index in [2.05, 4.69) is 21.3 Å². The van der Waals surface area contributed by atoms with Crippen LogP contribution in [0.5, 0.6) is 0 Å². The summed E-state index contributed by atoms with van der Waals surface area (Å²) in [4.78, 5) is 38.0. The monoisotopic (exact) mass is 413 g/mol. The highest BCUT2D eigenvalue weighted by molar-refractivity contribution is 6.00. The van der Waals surface area contributed by atoms with Gasteiger partial charge in [-0.05, 0) is 61.4 Å². The zero-order chi connectivity index (χ0) is 21.5. The van der Waals surface area contributed by atoms with Gasteiger partial charge >= 0.3 is 12.1 Å². The molecule has 1 atom stereocenters. The minimum atomic E-state index is -0.466. The van der Waals surface area contributed by atoms with E-state index in [1.807, 2.05) is 0 Å². The van der Waals surface area contributed by atoms with Crippen LogP contribution < -0.4 is 21.3 Å². The zero-order valence-electron chi connectivity index (χ0n) is 16.6. The Balaban J connectivity index is 1.51. The van der Waals surface area contributed by atoms with E-state index in [0.717, 1.165) is 12.8 Å². The lowest BCUT2D eigenvalue weighted by Crippen LogP contribution is -2.46. The van der Waals surface area contributed by atoms with Gasteiger partial charge in [0.2, 0.25) is 5.91 Å². The Hall–Kier alpha value is -3.62. The van der Waals surface area contributed by atoms with Crippen molar-refractivity contribution >= 4 is 35.0 Å². The van der Waals surface area contributed by atoms with E-state index < -0.39 is 6.03 Å². The van der Waals surface area contributed by atoms with Crippen molar-refractivity contribution in [1.82, 2.24) is 10.2 Å². The molecule has 2 aromatic carbocycles. The van der Waals surface area contributed by atoms with Gasteiger partial charge in [-0.1, -0.05) is 0 Å². The average molecular weight is 413 g/mol. The summed E-state index contributed by atoms with van der Waals surface area (Å²) in [7, 11) is 1.59. The zero-order valence-corrected chi connectivity index (χ0v) is 16.6. The average Bonchev–Trinajstić information content (AvgIpc) is 2.76. The summed E-state index contributed by atoms with van der Waals surface area (Å²) in [5, 5.41) is 10.7. The molecule has 1 saturated heterocycles. The fourth-order valence-electron chi connectivity index (χ4n) is 3.25. The molecule has 1 aliphatic rings. The minimum absolute atomic E-state index is 0.0539. The summed E-state index contributed by atoms with van der Waals surface area (Å²) in [6.07, 6.45) is 1.54. The van der Waals surface area contributed by atoms with Crippen LogP contribution in [0.15, 0.2) is 48.5 Å². The molecule has 4 N–H and O–H groups in total. The fraction of sp³-hybridized carbons (Fsp3) is 0.286. The number of halogens is 1. The number of anilines is 3. The molecule has 30 heavy (non-hydrogen) atoms. The molecule has 0 bridgehead atoms. The fourth-order valence-corrected chi connectivity index (χ4v) is 3.25. The topological polar surface area (TPSA) is 103 Å². The Morgan fingerprint density at radius 3 is 2.00 bits per heavy atom. The van der Waals surface area contributed by atoms with Crippen LogP contribution in [0.4, 0.5) is 31.0 Å². The van der Waals surface area contributed by atoms with E-state index in [-0.39, 0.29) is 23.7 Å². The maximum absolute atomic E-state index is 12.9. The summed E-state index contributed by atoms with van der Waals surface area (Å²) in [6.45, 7) is 0.983. The summed E-state index contributed by atoms with van der Waals surface area (Å²) < 4.78 is 12.9. The van der Waals surface area contributed by atoms with Crippen LogP contribution in [0.25, 0.3) is 0 Å². The number of nitrogens with zero attached hydrogens (tertiary/aromatic N) is 1. The molecule has 0 aromatic heterocycles. The quantitative estimate of drug-likeness (QED) is 0.617. The predicted octanol–water partition coefficient (Wildman–Crippen LogP) is 3.46. The van der Waals surface area contributed by atoms with Crippen LogP contribution in [-0.2, 0) is 4.79 Å². The Morgan fingerprint density at radius 1 is 0.900 bits per heavy atom. The third-order valence-electron chi connectivity index (χ3n) is 4.82. The molecule has 2 aromatic rings. The number of amides is 5. The van der Waals surface area contributed by atoms with Crippen molar-refractivity contribution in [1.29, 1.82) is 0 Å². The number of carbonyl (C=O) groups is 3. The normalized spacial score (nSPS) is 15.8. The predicted molar refractivity (Wildman–Crippen MR) is 113 cm³/mol. The number of hydrogen-bond donors (Lipinski definition) is 4. The van der Waals surface area contributed by atoms with Crippen LogP contribution >= 0.6 is 0 Å². The van der Waals surface area contributed by atoms with E-state index in [0.29, 0.717) is 30.2 Å². The molecule has 0 aliphatic carbocycles. The lowest BCUT2D eigenvalue weighted by atomic mass is 9.97. The first-order valence-electron chi connectivity index (χ1n) is 9.66. The standard InChI is InChI=1S/C21H24FN5O3/c1-23-19(28)14-3-2-12-27(13-14)21(30)26-18-10-8-17(9-11-18)25-20(29)24-16-6-4-15(22)5-7-16/h4-11,14H,2-3,12-13H2,1H3,(H,23,28)(H,26,30)(H2,24,25,29). The van der Waals surface area contributed by atoms with Gasteiger partial charge in [-0.25, -0.2) is 14.0 Å². The van der Waals surface area contributed by atoms with Crippen LogP contribution in [0.2, 0.25) is 0 Å². The number of hydrogen-bond acceptors (Lipinski definition) is 3. The van der Waals surface area contributed by atoms with Crippen LogP contribution in [0.3, 0.4) is 0 Å². The second-order valence-electron chi connectivity index (χ2n) is 6.99. The minimum Gasteiger partial charge on any atom is -0.359 e. The summed E-state index contributed by atoms with van der Waals surface area (Å²) in [6, 6.07) is 11.4. The summed E-state index contributed by atoms with van der Waals surface area (Å²) >= 11 is 0. The highest BCUT2D eigenvalue weighted by Crippen LogP contribution is 2.19. The van der Waals surface area contributed by atoms with Gasteiger partial charge in [0.15, 0.2) is 0 Å². The van der Waals surface area contributed by atoms with Crippen LogP contribution in [0, 0.1) is 11.7 Å². The van der Waals surface area contributed by atoms with E-state index in [4.69, 9.17) is 0 Å². The van der Waals surface area contributed by atoms with Crippen LogP contribution in [-0.4, -0.2) is 43.0 Å². The first kappa shape index (κ1) is 21.1. The van der Waals surface area contributed by atoms with Crippen molar-refractivity contribution in [2.24, 2.45) is 5.92 Å². The van der Waals surface area contributed by atoms with E-state index >= 15 is 0 Å². The Labute approximate surface area is 173 Å². The van der Waals surface area contributed by atoms with Crippen molar-refractivity contribution < 1.29 is 18.8 Å². The number of carbonyl (C=O) groups excluding carboxylic acids is 3. The van der Waals surface area contributed by atoms with Crippen molar-refractivity contribution in [2.75, 3.05) is 36.1 Å². The van der Waals surface area contributed by atoms with Gasteiger partial charge in [0.1, 0.15) is 5.82 Å². The van der Waals surface area contributed by atoms with Gasteiger partial charge in [0.05, 0.1) is 5.92 Å². The molecule has 3 rings (SSSR count). The Bertz CT molecular complexity index is 902. The third-order valence-corrected chi connectivity index (χ3v) is 4.82. The van der Waals surface area contributed by atoms with Gasteiger partial charge in [-0.15, -0.1) is 0 Å². The van der Waals surface area contributed by atoms with Gasteiger partial charge in [0, 0.05) is 37.2 Å². The number of urea groups is 2. The van der Waals surface area contributed by atoms with E-state index in [1.54, 1.807) is 36.2 Å². The summed E-state index contributed by atoms with van der Waals surface area (Å²) in [5.74, 6) is -0.630. The summed E-state index contributed by atoms with van der Waals surface area (Å²) in [5.41, 5.74) is 1.58. The second kappa shape index (κ2) is 9.73. The number of nitrogens with one attached hydrogen (secondary N) is 4. The third kappa shape index (κ3) is 5.69. The molecule has 1 aliphatic heterocycles. The Morgan fingerprint density at radius 2 is 1.43 bits per heavy atom. The first-order chi connectivity index (χ1) is 14.4. The number of rotatable bonds is 4. The van der Waals surface area contributed by atoms with E-state index in [9.17, 15) is 18.8 Å².